The normalized spacial score (nSPS) is 17.9. The summed E-state index contributed by atoms with van der Waals surface area (Å²) in [5.74, 6) is 1.40. The minimum absolute atomic E-state index is 0.0140. The molecule has 28 heavy (non-hydrogen) atoms. The van der Waals surface area contributed by atoms with Gasteiger partial charge in [-0.05, 0) is 44.9 Å². The van der Waals surface area contributed by atoms with Gasteiger partial charge in [-0.1, -0.05) is 0 Å². The standard InChI is InChI=1S/C21H31N3O4/c1-16(2)28-18-7-6-17(14-19(18)27-3)21(26)24-12-10-22(11-13-24)15-20(25)23-8-4-5-9-23/h6-7,14,16H,4-5,8-13,15H2,1-3H3. The van der Waals surface area contributed by atoms with E-state index in [0.717, 1.165) is 39.0 Å². The molecule has 0 unspecified atom stereocenters. The maximum Gasteiger partial charge on any atom is 0.254 e. The predicted octanol–water partition coefficient (Wildman–Crippen LogP) is 1.86. The number of hydrogen-bond acceptors (Lipinski definition) is 5. The minimum atomic E-state index is -0.0140. The van der Waals surface area contributed by atoms with Crippen molar-refractivity contribution in [2.75, 3.05) is 52.9 Å². The summed E-state index contributed by atoms with van der Waals surface area (Å²) < 4.78 is 11.1. The second-order valence-electron chi connectivity index (χ2n) is 7.69. The fourth-order valence-corrected chi connectivity index (χ4v) is 3.70. The van der Waals surface area contributed by atoms with Crippen molar-refractivity contribution >= 4 is 11.8 Å². The number of carbonyl (C=O) groups is 2. The Hall–Kier alpha value is -2.28. The number of ether oxygens (including phenoxy) is 2. The second-order valence-corrected chi connectivity index (χ2v) is 7.69. The Bertz CT molecular complexity index is 693. The van der Waals surface area contributed by atoms with Gasteiger partial charge in [-0.3, -0.25) is 14.5 Å². The summed E-state index contributed by atoms with van der Waals surface area (Å²) in [6, 6.07) is 5.31. The molecule has 0 aromatic heterocycles. The third-order valence-electron chi connectivity index (χ3n) is 5.25. The fraction of sp³-hybridized carbons (Fsp3) is 0.619. The number of methoxy groups -OCH3 is 1. The van der Waals surface area contributed by atoms with Crippen LogP contribution in [0.2, 0.25) is 0 Å². The highest BCUT2D eigenvalue weighted by Crippen LogP contribution is 2.29. The van der Waals surface area contributed by atoms with E-state index < -0.39 is 0 Å². The summed E-state index contributed by atoms with van der Waals surface area (Å²) in [6.45, 7) is 8.81. The van der Waals surface area contributed by atoms with E-state index in [4.69, 9.17) is 9.47 Å². The SMILES string of the molecule is COc1cc(C(=O)N2CCN(CC(=O)N3CCCC3)CC2)ccc1OC(C)C. The largest absolute Gasteiger partial charge is 0.493 e. The molecule has 2 amide bonds. The Balaban J connectivity index is 1.55. The first-order chi connectivity index (χ1) is 13.5. The average molecular weight is 389 g/mol. The molecule has 2 heterocycles. The van der Waals surface area contributed by atoms with Crippen LogP contribution in [0.25, 0.3) is 0 Å². The molecule has 0 atom stereocenters. The molecule has 3 rings (SSSR count). The quantitative estimate of drug-likeness (QED) is 0.743. The van der Waals surface area contributed by atoms with E-state index in [1.165, 1.54) is 0 Å². The summed E-state index contributed by atoms with van der Waals surface area (Å²) in [4.78, 5) is 31.1. The van der Waals surface area contributed by atoms with Gasteiger partial charge in [-0.25, -0.2) is 0 Å². The van der Waals surface area contributed by atoms with Crippen LogP contribution in [0.1, 0.15) is 37.0 Å². The Morgan fingerprint density at radius 3 is 2.25 bits per heavy atom. The zero-order chi connectivity index (χ0) is 20.1. The summed E-state index contributed by atoms with van der Waals surface area (Å²) in [5, 5.41) is 0. The van der Waals surface area contributed by atoms with Gasteiger partial charge in [-0.15, -0.1) is 0 Å². The summed E-state index contributed by atoms with van der Waals surface area (Å²) in [5.41, 5.74) is 0.592. The van der Waals surface area contributed by atoms with Crippen molar-refractivity contribution in [2.24, 2.45) is 0 Å². The van der Waals surface area contributed by atoms with Crippen LogP contribution in [0.4, 0.5) is 0 Å². The summed E-state index contributed by atoms with van der Waals surface area (Å²) >= 11 is 0. The Morgan fingerprint density at radius 1 is 0.964 bits per heavy atom. The third kappa shape index (κ3) is 4.95. The van der Waals surface area contributed by atoms with E-state index >= 15 is 0 Å². The van der Waals surface area contributed by atoms with Crippen molar-refractivity contribution in [3.05, 3.63) is 23.8 Å². The van der Waals surface area contributed by atoms with E-state index in [1.807, 2.05) is 23.6 Å². The molecule has 0 spiro atoms. The molecule has 0 bridgehead atoms. The fourth-order valence-electron chi connectivity index (χ4n) is 3.70. The van der Waals surface area contributed by atoms with Crippen LogP contribution in [0.15, 0.2) is 18.2 Å². The summed E-state index contributed by atoms with van der Waals surface area (Å²) in [7, 11) is 1.58. The van der Waals surface area contributed by atoms with Crippen LogP contribution < -0.4 is 9.47 Å². The van der Waals surface area contributed by atoms with Crippen molar-refractivity contribution in [3.8, 4) is 11.5 Å². The predicted molar refractivity (Wildman–Crippen MR) is 107 cm³/mol. The van der Waals surface area contributed by atoms with E-state index in [-0.39, 0.29) is 17.9 Å². The molecule has 0 N–H and O–H groups in total. The lowest BCUT2D eigenvalue weighted by atomic mass is 10.1. The lowest BCUT2D eigenvalue weighted by Gasteiger charge is -2.35. The van der Waals surface area contributed by atoms with Crippen molar-refractivity contribution in [1.82, 2.24) is 14.7 Å². The number of hydrogen-bond donors (Lipinski definition) is 0. The lowest BCUT2D eigenvalue weighted by Crippen LogP contribution is -2.51. The van der Waals surface area contributed by atoms with Crippen molar-refractivity contribution in [2.45, 2.75) is 32.8 Å². The number of benzene rings is 1. The molecule has 1 aromatic carbocycles. The van der Waals surface area contributed by atoms with Crippen molar-refractivity contribution in [1.29, 1.82) is 0 Å². The third-order valence-corrected chi connectivity index (χ3v) is 5.25. The van der Waals surface area contributed by atoms with Crippen LogP contribution in [0, 0.1) is 0 Å². The number of amides is 2. The smallest absolute Gasteiger partial charge is 0.254 e. The van der Waals surface area contributed by atoms with Gasteiger partial charge in [0.05, 0.1) is 19.8 Å². The molecule has 0 radical (unpaired) electrons. The Morgan fingerprint density at radius 2 is 1.64 bits per heavy atom. The number of carbonyl (C=O) groups excluding carboxylic acids is 2. The van der Waals surface area contributed by atoms with E-state index in [0.29, 0.717) is 36.7 Å². The first-order valence-corrected chi connectivity index (χ1v) is 10.1. The molecule has 2 saturated heterocycles. The molecule has 2 fully saturated rings. The van der Waals surface area contributed by atoms with E-state index in [2.05, 4.69) is 4.90 Å². The van der Waals surface area contributed by atoms with Crippen LogP contribution in [-0.2, 0) is 4.79 Å². The Kier molecular flexibility index (Phi) is 6.78. The van der Waals surface area contributed by atoms with Gasteiger partial charge in [0, 0.05) is 44.8 Å². The van der Waals surface area contributed by atoms with Gasteiger partial charge in [0.15, 0.2) is 11.5 Å². The van der Waals surface area contributed by atoms with Crippen LogP contribution in [0.3, 0.4) is 0 Å². The molecule has 2 aliphatic heterocycles. The minimum Gasteiger partial charge on any atom is -0.493 e. The number of rotatable bonds is 6. The second kappa shape index (κ2) is 9.28. The number of piperazine rings is 1. The molecule has 1 aromatic rings. The number of likely N-dealkylation sites (tertiary alicyclic amines) is 1. The molecule has 7 heteroatoms. The first kappa shape index (κ1) is 20.5. The summed E-state index contributed by atoms with van der Waals surface area (Å²) in [6.07, 6.45) is 2.25. The maximum atomic E-state index is 12.9. The van der Waals surface area contributed by atoms with Gasteiger partial charge < -0.3 is 19.3 Å². The van der Waals surface area contributed by atoms with Gasteiger partial charge in [0.2, 0.25) is 5.91 Å². The monoisotopic (exact) mass is 389 g/mol. The zero-order valence-electron chi connectivity index (χ0n) is 17.1. The van der Waals surface area contributed by atoms with Crippen molar-refractivity contribution in [3.63, 3.8) is 0 Å². The van der Waals surface area contributed by atoms with E-state index in [9.17, 15) is 9.59 Å². The van der Waals surface area contributed by atoms with Gasteiger partial charge in [0.25, 0.3) is 5.91 Å². The molecule has 2 aliphatic rings. The van der Waals surface area contributed by atoms with E-state index in [1.54, 1.807) is 25.3 Å². The highest BCUT2D eigenvalue weighted by Gasteiger charge is 2.26. The maximum absolute atomic E-state index is 12.9. The molecule has 7 nitrogen and oxygen atoms in total. The lowest BCUT2D eigenvalue weighted by molar-refractivity contribution is -0.131. The van der Waals surface area contributed by atoms with Gasteiger partial charge >= 0.3 is 0 Å². The zero-order valence-corrected chi connectivity index (χ0v) is 17.1. The highest BCUT2D eigenvalue weighted by molar-refractivity contribution is 5.95. The van der Waals surface area contributed by atoms with Gasteiger partial charge in [-0.2, -0.15) is 0 Å². The molecular weight excluding hydrogens is 358 g/mol. The number of nitrogens with zero attached hydrogens (tertiary/aromatic N) is 3. The average Bonchev–Trinajstić information content (AvgIpc) is 3.23. The molecule has 0 saturated carbocycles. The van der Waals surface area contributed by atoms with Crippen LogP contribution in [-0.4, -0.2) is 85.5 Å². The topological polar surface area (TPSA) is 62.3 Å². The van der Waals surface area contributed by atoms with Crippen molar-refractivity contribution < 1.29 is 19.1 Å². The molecule has 154 valence electrons. The molecule has 0 aliphatic carbocycles. The van der Waals surface area contributed by atoms with Gasteiger partial charge in [0.1, 0.15) is 0 Å². The van der Waals surface area contributed by atoms with Crippen LogP contribution in [0.5, 0.6) is 11.5 Å². The Labute approximate surface area is 167 Å². The molecular formula is C21H31N3O4. The van der Waals surface area contributed by atoms with Crippen LogP contribution >= 0.6 is 0 Å². The first-order valence-electron chi connectivity index (χ1n) is 10.1. The highest BCUT2D eigenvalue weighted by atomic mass is 16.5.